The number of nitrogen functional groups attached to an aromatic ring is 1. The molecular formula is C17H17N7O2. The van der Waals surface area contributed by atoms with Crippen molar-refractivity contribution < 1.29 is 9.59 Å². The van der Waals surface area contributed by atoms with Gasteiger partial charge in [-0.2, -0.15) is 5.10 Å². The summed E-state index contributed by atoms with van der Waals surface area (Å²) in [6, 6.07) is 7.03. The van der Waals surface area contributed by atoms with Crippen molar-refractivity contribution in [3.8, 4) is 17.1 Å². The molecule has 0 aliphatic carbocycles. The first-order valence-corrected chi connectivity index (χ1v) is 7.66. The topological polar surface area (TPSA) is 133 Å². The van der Waals surface area contributed by atoms with Crippen LogP contribution in [0.4, 0.5) is 5.82 Å². The second-order valence-corrected chi connectivity index (χ2v) is 5.78. The number of carbonyl (C=O) groups excluding carboxylic acids is 2. The van der Waals surface area contributed by atoms with Crippen LogP contribution in [0, 0.1) is 0 Å². The summed E-state index contributed by atoms with van der Waals surface area (Å²) < 4.78 is 1.33. The Labute approximate surface area is 149 Å². The summed E-state index contributed by atoms with van der Waals surface area (Å²) in [6.07, 6.45) is 4.27. The fraction of sp³-hybridized carbons (Fsp3) is 0.118. The molecule has 0 aliphatic heterocycles. The van der Waals surface area contributed by atoms with Crippen LogP contribution in [0.3, 0.4) is 0 Å². The molecule has 132 valence electrons. The summed E-state index contributed by atoms with van der Waals surface area (Å²) in [5.74, 6) is -0.310. The van der Waals surface area contributed by atoms with E-state index in [2.05, 4.69) is 15.1 Å². The molecule has 2 heterocycles. The molecular weight excluding hydrogens is 334 g/mol. The quantitative estimate of drug-likeness (QED) is 0.711. The number of aromatic nitrogens is 4. The Morgan fingerprint density at radius 2 is 1.92 bits per heavy atom. The Morgan fingerprint density at radius 3 is 2.58 bits per heavy atom. The fourth-order valence-corrected chi connectivity index (χ4v) is 2.33. The Hall–Kier alpha value is -3.75. The van der Waals surface area contributed by atoms with E-state index < -0.39 is 5.91 Å². The van der Waals surface area contributed by atoms with Crippen molar-refractivity contribution in [1.29, 1.82) is 0 Å². The van der Waals surface area contributed by atoms with Gasteiger partial charge < -0.3 is 16.4 Å². The molecule has 9 nitrogen and oxygen atoms in total. The molecule has 0 fully saturated rings. The zero-order chi connectivity index (χ0) is 18.8. The van der Waals surface area contributed by atoms with Gasteiger partial charge in [-0.3, -0.25) is 9.59 Å². The van der Waals surface area contributed by atoms with Crippen LogP contribution in [-0.4, -0.2) is 50.6 Å². The van der Waals surface area contributed by atoms with Crippen molar-refractivity contribution in [2.75, 3.05) is 19.8 Å². The monoisotopic (exact) mass is 351 g/mol. The fourth-order valence-electron chi connectivity index (χ4n) is 2.33. The van der Waals surface area contributed by atoms with E-state index in [1.54, 1.807) is 32.3 Å². The Balaban J connectivity index is 2.03. The second-order valence-electron chi connectivity index (χ2n) is 5.78. The normalized spacial score (nSPS) is 10.5. The van der Waals surface area contributed by atoms with Crippen LogP contribution >= 0.6 is 0 Å². The number of nitrogens with zero attached hydrogens (tertiary/aromatic N) is 5. The summed E-state index contributed by atoms with van der Waals surface area (Å²) in [4.78, 5) is 33.5. The van der Waals surface area contributed by atoms with Gasteiger partial charge in [-0.15, -0.1) is 0 Å². The zero-order valence-electron chi connectivity index (χ0n) is 14.2. The maximum absolute atomic E-state index is 12.1. The highest BCUT2D eigenvalue weighted by atomic mass is 16.2. The van der Waals surface area contributed by atoms with E-state index in [4.69, 9.17) is 11.5 Å². The van der Waals surface area contributed by atoms with E-state index in [9.17, 15) is 9.59 Å². The summed E-state index contributed by atoms with van der Waals surface area (Å²) in [7, 11) is 3.37. The SMILES string of the molecule is CN(C)C(=O)c1cccc(-c2cnc(N)c(-n3cc(C(N)=O)cn3)n2)c1. The highest BCUT2D eigenvalue weighted by molar-refractivity contribution is 5.95. The highest BCUT2D eigenvalue weighted by Crippen LogP contribution is 2.22. The molecule has 4 N–H and O–H groups in total. The lowest BCUT2D eigenvalue weighted by Crippen LogP contribution is -2.21. The average molecular weight is 351 g/mol. The van der Waals surface area contributed by atoms with Crippen LogP contribution in [0.25, 0.3) is 17.1 Å². The number of rotatable bonds is 4. The lowest BCUT2D eigenvalue weighted by molar-refractivity contribution is 0.0827. The Bertz CT molecular complexity index is 994. The number of hydrogen-bond acceptors (Lipinski definition) is 6. The molecule has 2 amide bonds. The number of amides is 2. The summed E-state index contributed by atoms with van der Waals surface area (Å²) >= 11 is 0. The van der Waals surface area contributed by atoms with Gasteiger partial charge in [-0.05, 0) is 12.1 Å². The van der Waals surface area contributed by atoms with Gasteiger partial charge in [0.15, 0.2) is 11.6 Å². The maximum Gasteiger partial charge on any atom is 0.253 e. The summed E-state index contributed by atoms with van der Waals surface area (Å²) in [5.41, 5.74) is 13.1. The highest BCUT2D eigenvalue weighted by Gasteiger charge is 2.14. The minimum absolute atomic E-state index is 0.117. The number of hydrogen-bond donors (Lipinski definition) is 2. The van der Waals surface area contributed by atoms with Gasteiger partial charge in [0.1, 0.15) is 0 Å². The maximum atomic E-state index is 12.1. The minimum Gasteiger partial charge on any atom is -0.381 e. The van der Waals surface area contributed by atoms with Crippen molar-refractivity contribution in [2.45, 2.75) is 0 Å². The third-order valence-corrected chi connectivity index (χ3v) is 3.68. The number of primary amides is 1. The van der Waals surface area contributed by atoms with Crippen molar-refractivity contribution >= 4 is 17.6 Å². The van der Waals surface area contributed by atoms with Crippen molar-refractivity contribution in [2.24, 2.45) is 5.73 Å². The minimum atomic E-state index is -0.603. The zero-order valence-corrected chi connectivity index (χ0v) is 14.2. The predicted octanol–water partition coefficient (Wildman–Crippen LogP) is 0.712. The second kappa shape index (κ2) is 6.63. The molecule has 0 spiro atoms. The van der Waals surface area contributed by atoms with E-state index in [0.29, 0.717) is 16.8 Å². The first kappa shape index (κ1) is 17.1. The third-order valence-electron chi connectivity index (χ3n) is 3.68. The lowest BCUT2D eigenvalue weighted by atomic mass is 10.1. The van der Waals surface area contributed by atoms with E-state index in [0.717, 1.165) is 0 Å². The van der Waals surface area contributed by atoms with Crippen molar-refractivity contribution in [3.63, 3.8) is 0 Å². The van der Waals surface area contributed by atoms with Crippen LogP contribution in [0.15, 0.2) is 42.9 Å². The molecule has 3 rings (SSSR count). The van der Waals surface area contributed by atoms with Crippen LogP contribution in [0.2, 0.25) is 0 Å². The van der Waals surface area contributed by atoms with Crippen LogP contribution in [0.5, 0.6) is 0 Å². The first-order valence-electron chi connectivity index (χ1n) is 7.66. The van der Waals surface area contributed by atoms with Gasteiger partial charge in [0.25, 0.3) is 11.8 Å². The average Bonchev–Trinajstić information content (AvgIpc) is 3.11. The van der Waals surface area contributed by atoms with E-state index in [-0.39, 0.29) is 23.1 Å². The third kappa shape index (κ3) is 3.22. The number of nitrogens with two attached hydrogens (primary N) is 2. The van der Waals surface area contributed by atoms with Crippen LogP contribution in [-0.2, 0) is 0 Å². The molecule has 0 aliphatic rings. The predicted molar refractivity (Wildman–Crippen MR) is 95.5 cm³/mol. The van der Waals surface area contributed by atoms with E-state index in [1.165, 1.54) is 28.2 Å². The first-order chi connectivity index (χ1) is 12.4. The molecule has 0 unspecified atom stereocenters. The van der Waals surface area contributed by atoms with Crippen molar-refractivity contribution in [3.05, 3.63) is 54.0 Å². The summed E-state index contributed by atoms with van der Waals surface area (Å²) in [6.45, 7) is 0. The van der Waals surface area contributed by atoms with Gasteiger partial charge in [0.2, 0.25) is 0 Å². The lowest BCUT2D eigenvalue weighted by Gasteiger charge is -2.11. The molecule has 9 heteroatoms. The van der Waals surface area contributed by atoms with Crippen LogP contribution in [0.1, 0.15) is 20.7 Å². The molecule has 0 saturated carbocycles. The number of anilines is 1. The summed E-state index contributed by atoms with van der Waals surface area (Å²) in [5, 5.41) is 4.04. The van der Waals surface area contributed by atoms with E-state index in [1.807, 2.05) is 6.07 Å². The molecule has 26 heavy (non-hydrogen) atoms. The van der Waals surface area contributed by atoms with Crippen LogP contribution < -0.4 is 11.5 Å². The Morgan fingerprint density at radius 1 is 1.15 bits per heavy atom. The van der Waals surface area contributed by atoms with Gasteiger partial charge in [0, 0.05) is 31.4 Å². The molecule has 0 radical (unpaired) electrons. The standard InChI is InChI=1S/C17H17N7O2/c1-23(2)17(26)11-5-3-4-10(6-11)13-8-20-14(18)16(22-13)24-9-12(7-21-24)15(19)25/h3-9H,1-2H3,(H2,18,20)(H2,19,25). The molecule has 0 saturated heterocycles. The molecule has 3 aromatic rings. The van der Waals surface area contributed by atoms with Gasteiger partial charge in [0.05, 0.1) is 23.7 Å². The molecule has 0 bridgehead atoms. The van der Waals surface area contributed by atoms with E-state index >= 15 is 0 Å². The number of benzene rings is 1. The van der Waals surface area contributed by atoms with Crippen molar-refractivity contribution in [1.82, 2.24) is 24.6 Å². The molecule has 1 aromatic carbocycles. The largest absolute Gasteiger partial charge is 0.381 e. The Kier molecular flexibility index (Phi) is 4.36. The number of carbonyl (C=O) groups is 2. The van der Waals surface area contributed by atoms with Gasteiger partial charge in [-0.1, -0.05) is 12.1 Å². The molecule has 2 aromatic heterocycles. The van der Waals surface area contributed by atoms with Gasteiger partial charge in [-0.25, -0.2) is 14.6 Å². The smallest absolute Gasteiger partial charge is 0.253 e. The van der Waals surface area contributed by atoms with Gasteiger partial charge >= 0.3 is 0 Å². The molecule has 0 atom stereocenters.